The lowest BCUT2D eigenvalue weighted by Gasteiger charge is -2.10. The fourth-order valence-corrected chi connectivity index (χ4v) is 2.87. The first-order chi connectivity index (χ1) is 9.28. The zero-order valence-corrected chi connectivity index (χ0v) is 11.4. The van der Waals surface area contributed by atoms with E-state index in [1.807, 2.05) is 24.3 Å². The van der Waals surface area contributed by atoms with Crippen LogP contribution < -0.4 is 11.1 Å². The molecule has 5 heteroatoms. The van der Waals surface area contributed by atoms with Crippen molar-refractivity contribution in [3.63, 3.8) is 0 Å². The Balaban J connectivity index is 2.05. The second-order valence-electron chi connectivity index (χ2n) is 4.28. The van der Waals surface area contributed by atoms with E-state index in [1.165, 1.54) is 4.88 Å². The lowest BCUT2D eigenvalue weighted by molar-refractivity contribution is 1.07. The highest BCUT2D eigenvalue weighted by molar-refractivity contribution is 7.18. The van der Waals surface area contributed by atoms with Crippen molar-refractivity contribution in [1.82, 2.24) is 9.97 Å². The summed E-state index contributed by atoms with van der Waals surface area (Å²) in [6.45, 7) is 2.57. The van der Waals surface area contributed by atoms with E-state index in [0.29, 0.717) is 6.54 Å². The first-order valence-corrected chi connectivity index (χ1v) is 6.85. The Hall–Kier alpha value is -1.98. The van der Waals surface area contributed by atoms with Gasteiger partial charge in [-0.3, -0.25) is 0 Å². The van der Waals surface area contributed by atoms with E-state index in [0.717, 1.165) is 27.3 Å². The van der Waals surface area contributed by atoms with Crippen LogP contribution in [0.3, 0.4) is 0 Å². The molecule has 0 aliphatic heterocycles. The number of aromatic nitrogens is 2. The van der Waals surface area contributed by atoms with Crippen LogP contribution in [0.1, 0.15) is 10.4 Å². The smallest absolute Gasteiger partial charge is 0.142 e. The van der Waals surface area contributed by atoms with Crippen LogP contribution in [0.2, 0.25) is 0 Å². The lowest BCUT2D eigenvalue weighted by Crippen LogP contribution is -2.02. The van der Waals surface area contributed by atoms with Gasteiger partial charge in [0.2, 0.25) is 0 Å². The highest BCUT2D eigenvalue weighted by atomic mass is 32.1. The van der Waals surface area contributed by atoms with Crippen molar-refractivity contribution >= 4 is 33.1 Å². The van der Waals surface area contributed by atoms with E-state index in [-0.39, 0.29) is 0 Å². The molecule has 1 aromatic carbocycles. The van der Waals surface area contributed by atoms with Crippen molar-refractivity contribution in [2.24, 2.45) is 5.73 Å². The Labute approximate surface area is 115 Å². The Bertz CT molecular complexity index is 720. The fourth-order valence-electron chi connectivity index (χ4n) is 2.02. The van der Waals surface area contributed by atoms with E-state index in [4.69, 9.17) is 5.73 Å². The third-order valence-corrected chi connectivity index (χ3v) is 3.90. The lowest BCUT2D eigenvalue weighted by atomic mass is 10.2. The molecular weight excluding hydrogens is 256 g/mol. The summed E-state index contributed by atoms with van der Waals surface area (Å²) >= 11 is 1.67. The standard InChI is InChI=1S/C14H14N4S/c1-9-6-11-13(16-8-17-14(11)19-9)18-12-5-3-2-4-10(12)7-15/h2-6,8H,7,15H2,1H3,(H,16,17,18). The molecule has 0 aliphatic rings. The van der Waals surface area contributed by atoms with Crippen LogP contribution in [0.5, 0.6) is 0 Å². The van der Waals surface area contributed by atoms with Gasteiger partial charge >= 0.3 is 0 Å². The molecule has 0 unspecified atom stereocenters. The summed E-state index contributed by atoms with van der Waals surface area (Å²) in [6.07, 6.45) is 1.59. The number of nitrogens with zero attached hydrogens (tertiary/aromatic N) is 2. The van der Waals surface area contributed by atoms with Crippen molar-refractivity contribution < 1.29 is 0 Å². The number of anilines is 2. The largest absolute Gasteiger partial charge is 0.339 e. The van der Waals surface area contributed by atoms with E-state index in [9.17, 15) is 0 Å². The third-order valence-electron chi connectivity index (χ3n) is 2.94. The number of thiophene rings is 1. The molecule has 96 valence electrons. The van der Waals surface area contributed by atoms with Crippen LogP contribution in [0.4, 0.5) is 11.5 Å². The molecule has 0 aliphatic carbocycles. The predicted octanol–water partition coefficient (Wildman–Crippen LogP) is 3.20. The van der Waals surface area contributed by atoms with Crippen LogP contribution in [0.15, 0.2) is 36.7 Å². The first-order valence-electron chi connectivity index (χ1n) is 6.04. The molecule has 3 N–H and O–H groups in total. The summed E-state index contributed by atoms with van der Waals surface area (Å²) in [5.41, 5.74) is 7.82. The van der Waals surface area contributed by atoms with Gasteiger partial charge in [-0.15, -0.1) is 11.3 Å². The number of nitrogens with one attached hydrogen (secondary N) is 1. The van der Waals surface area contributed by atoms with Gasteiger partial charge in [0, 0.05) is 17.1 Å². The van der Waals surface area contributed by atoms with E-state index in [2.05, 4.69) is 28.3 Å². The molecule has 0 fully saturated rings. The van der Waals surface area contributed by atoms with Crippen LogP contribution in [0.25, 0.3) is 10.2 Å². The fraction of sp³-hybridized carbons (Fsp3) is 0.143. The predicted molar refractivity (Wildman–Crippen MR) is 79.8 cm³/mol. The number of benzene rings is 1. The number of rotatable bonds is 3. The van der Waals surface area contributed by atoms with Crippen LogP contribution in [0, 0.1) is 6.92 Å². The SMILES string of the molecule is Cc1cc2c(Nc3ccccc3CN)ncnc2s1. The topological polar surface area (TPSA) is 63.8 Å². The average molecular weight is 270 g/mol. The molecule has 0 atom stereocenters. The number of para-hydroxylation sites is 1. The molecule has 0 radical (unpaired) electrons. The number of aryl methyl sites for hydroxylation is 1. The third kappa shape index (κ3) is 2.30. The normalized spacial score (nSPS) is 10.8. The average Bonchev–Trinajstić information content (AvgIpc) is 2.81. The second kappa shape index (κ2) is 4.95. The number of hydrogen-bond acceptors (Lipinski definition) is 5. The molecule has 0 saturated carbocycles. The minimum Gasteiger partial charge on any atom is -0.339 e. The summed E-state index contributed by atoms with van der Waals surface area (Å²) in [5.74, 6) is 0.829. The van der Waals surface area contributed by atoms with Gasteiger partial charge in [0.05, 0.1) is 5.39 Å². The number of fused-ring (bicyclic) bond motifs is 1. The highest BCUT2D eigenvalue weighted by Crippen LogP contribution is 2.30. The Morgan fingerprint density at radius 3 is 2.95 bits per heavy atom. The molecule has 3 rings (SSSR count). The zero-order chi connectivity index (χ0) is 13.2. The minimum absolute atomic E-state index is 0.500. The maximum Gasteiger partial charge on any atom is 0.142 e. The van der Waals surface area contributed by atoms with Crippen molar-refractivity contribution in [1.29, 1.82) is 0 Å². The van der Waals surface area contributed by atoms with Gasteiger partial charge in [-0.1, -0.05) is 18.2 Å². The van der Waals surface area contributed by atoms with Gasteiger partial charge < -0.3 is 11.1 Å². The summed E-state index contributed by atoms with van der Waals surface area (Å²) in [4.78, 5) is 10.9. The number of nitrogens with two attached hydrogens (primary N) is 1. The summed E-state index contributed by atoms with van der Waals surface area (Å²) in [5, 5.41) is 4.41. The van der Waals surface area contributed by atoms with Crippen LogP contribution >= 0.6 is 11.3 Å². The molecule has 0 saturated heterocycles. The maximum absolute atomic E-state index is 5.75. The van der Waals surface area contributed by atoms with Crippen molar-refractivity contribution in [3.8, 4) is 0 Å². The number of hydrogen-bond donors (Lipinski definition) is 2. The molecule has 0 spiro atoms. The minimum atomic E-state index is 0.500. The van der Waals surface area contributed by atoms with Gasteiger partial charge in [-0.2, -0.15) is 0 Å². The monoisotopic (exact) mass is 270 g/mol. The van der Waals surface area contributed by atoms with E-state index >= 15 is 0 Å². The molecule has 3 aromatic rings. The Kier molecular flexibility index (Phi) is 3.15. The summed E-state index contributed by atoms with van der Waals surface area (Å²) in [7, 11) is 0. The molecule has 0 bridgehead atoms. The van der Waals surface area contributed by atoms with Gasteiger partial charge in [0.15, 0.2) is 0 Å². The van der Waals surface area contributed by atoms with E-state index in [1.54, 1.807) is 17.7 Å². The second-order valence-corrected chi connectivity index (χ2v) is 5.52. The van der Waals surface area contributed by atoms with Crippen LogP contribution in [-0.2, 0) is 6.54 Å². The molecule has 4 nitrogen and oxygen atoms in total. The zero-order valence-electron chi connectivity index (χ0n) is 10.6. The Morgan fingerprint density at radius 1 is 1.26 bits per heavy atom. The summed E-state index contributed by atoms with van der Waals surface area (Å²) < 4.78 is 0. The van der Waals surface area contributed by atoms with Gasteiger partial charge in [-0.05, 0) is 24.6 Å². The molecular formula is C14H14N4S. The summed E-state index contributed by atoms with van der Waals surface area (Å²) in [6, 6.07) is 10.1. The van der Waals surface area contributed by atoms with Gasteiger partial charge in [-0.25, -0.2) is 9.97 Å². The molecule has 19 heavy (non-hydrogen) atoms. The Morgan fingerprint density at radius 2 is 2.11 bits per heavy atom. The van der Waals surface area contributed by atoms with Crippen molar-refractivity contribution in [2.75, 3.05) is 5.32 Å². The highest BCUT2D eigenvalue weighted by Gasteiger charge is 2.08. The van der Waals surface area contributed by atoms with Gasteiger partial charge in [0.25, 0.3) is 0 Å². The van der Waals surface area contributed by atoms with E-state index < -0.39 is 0 Å². The molecule has 2 heterocycles. The van der Waals surface area contributed by atoms with Crippen LogP contribution in [-0.4, -0.2) is 9.97 Å². The molecule has 2 aromatic heterocycles. The van der Waals surface area contributed by atoms with Crippen molar-refractivity contribution in [2.45, 2.75) is 13.5 Å². The van der Waals surface area contributed by atoms with Gasteiger partial charge in [0.1, 0.15) is 17.0 Å². The van der Waals surface area contributed by atoms with Crippen molar-refractivity contribution in [3.05, 3.63) is 47.1 Å². The maximum atomic E-state index is 5.75. The molecule has 0 amide bonds. The quantitative estimate of drug-likeness (QED) is 0.767. The first kappa shape index (κ1) is 12.1.